The molecule has 21 atom stereocenters. The molecule has 13 nitrogen and oxygen atoms in total. The Bertz CT molecular complexity index is 2510. The fraction of sp³-hybridized carbons (Fsp3) is 0.897. The molecule has 8 aliphatic carbocycles. The molecule has 0 aromatic rings. The summed E-state index contributed by atoms with van der Waals surface area (Å²) in [5.41, 5.74) is -0.730. The zero-order chi connectivity index (χ0) is 51.8. The van der Waals surface area contributed by atoms with Gasteiger partial charge >= 0.3 is 29.6 Å². The van der Waals surface area contributed by atoms with Gasteiger partial charge in [0.25, 0.3) is 0 Å². The number of hydrogen-bond acceptors (Lipinski definition) is 13. The molecule has 14 aliphatic rings. The van der Waals surface area contributed by atoms with Crippen molar-refractivity contribution in [2.24, 2.45) is 79.8 Å². The van der Waals surface area contributed by atoms with Crippen molar-refractivity contribution in [1.29, 1.82) is 0 Å². The molecular formula is C58H87NaO13S. The quantitative estimate of drug-likeness (QED) is 0.0923. The Kier molecular flexibility index (Phi) is 12.5. The maximum atomic E-state index is 13.1. The first-order valence-electron chi connectivity index (χ1n) is 28.2. The minimum absolute atomic E-state index is 0. The molecule has 0 aromatic carbocycles. The van der Waals surface area contributed by atoms with Crippen molar-refractivity contribution >= 4 is 10.4 Å². The standard InChI is InChI=1S/C58H88O13S.Na/c1-31(35-15-16-42-52(35,10)22-19-43-55-28-45(60)57(62,68-30-55)48(3,4)41(55)20-23-56(42,43)61)12-17-46-53(11)26-33(50(7,8)71-53)24-39(69-46)32(2)36-13-14-37-34-25-40(70-72(64,65)66)47-49(5,6)58(63)44(59)27-54(47,29-67-58)38(34)18-21-51(36,37)9;/h19-20,31-33,35-37,39-40,42,44-47,59-63H,12-18,21-30H2,1-11H3,(H,64,65,66);/q;+1/p-1/t31-,32+,33-,35-,36-,37+,39-,40+,42-,44+,45+,46+,47+,51-,52-,53-,54+,55-,56+,57+,58+;/m1./s1. The average Bonchev–Trinajstić information content (AvgIpc) is 3.86. The molecule has 404 valence electrons. The summed E-state index contributed by atoms with van der Waals surface area (Å²) in [5, 5.41) is 59.3. The van der Waals surface area contributed by atoms with Crippen LogP contribution in [0.5, 0.6) is 0 Å². The van der Waals surface area contributed by atoms with Crippen LogP contribution in [0.15, 0.2) is 34.4 Å². The van der Waals surface area contributed by atoms with Crippen LogP contribution in [0.2, 0.25) is 0 Å². The normalized spacial score (nSPS) is 53.3. The van der Waals surface area contributed by atoms with Crippen LogP contribution in [0.4, 0.5) is 0 Å². The smallest absolute Gasteiger partial charge is 0.726 e. The molecule has 6 heterocycles. The molecule has 2 spiro atoms. The van der Waals surface area contributed by atoms with Gasteiger partial charge in [-0.05, 0) is 175 Å². The maximum Gasteiger partial charge on any atom is 1.00 e. The van der Waals surface area contributed by atoms with Crippen molar-refractivity contribution in [3.8, 4) is 0 Å². The molecule has 0 amide bonds. The van der Waals surface area contributed by atoms with Crippen LogP contribution >= 0.6 is 0 Å². The molecule has 73 heavy (non-hydrogen) atoms. The summed E-state index contributed by atoms with van der Waals surface area (Å²) in [5.74, 6) is -2.17. The minimum atomic E-state index is -5.08. The third-order valence-corrected chi connectivity index (χ3v) is 25.5. The van der Waals surface area contributed by atoms with Crippen LogP contribution in [-0.2, 0) is 33.5 Å². The van der Waals surface area contributed by atoms with Crippen LogP contribution in [0.3, 0.4) is 0 Å². The summed E-state index contributed by atoms with van der Waals surface area (Å²) >= 11 is 0. The Morgan fingerprint density at radius 2 is 1.49 bits per heavy atom. The Morgan fingerprint density at radius 1 is 0.822 bits per heavy atom. The molecule has 14 rings (SSSR count). The van der Waals surface area contributed by atoms with E-state index in [2.05, 4.69) is 60.6 Å². The van der Waals surface area contributed by atoms with Gasteiger partial charge in [-0.3, -0.25) is 4.18 Å². The second-order valence-electron chi connectivity index (χ2n) is 29.0. The molecule has 5 N–H and O–H groups in total. The Morgan fingerprint density at radius 3 is 2.18 bits per heavy atom. The van der Waals surface area contributed by atoms with Gasteiger partial charge in [0.1, 0.15) is 12.2 Å². The van der Waals surface area contributed by atoms with E-state index in [1.165, 1.54) is 11.1 Å². The van der Waals surface area contributed by atoms with Crippen LogP contribution in [0.1, 0.15) is 172 Å². The predicted molar refractivity (Wildman–Crippen MR) is 266 cm³/mol. The van der Waals surface area contributed by atoms with Crippen molar-refractivity contribution < 1.29 is 91.2 Å². The van der Waals surface area contributed by atoms with Gasteiger partial charge in [0.05, 0.1) is 48.3 Å². The molecule has 15 heteroatoms. The van der Waals surface area contributed by atoms with Gasteiger partial charge in [-0.1, -0.05) is 84.3 Å². The van der Waals surface area contributed by atoms with Crippen molar-refractivity contribution in [3.63, 3.8) is 0 Å². The molecular weight excluding hydrogens is 960 g/mol. The van der Waals surface area contributed by atoms with E-state index >= 15 is 0 Å². The number of rotatable bonds is 8. The minimum Gasteiger partial charge on any atom is -0.726 e. The molecule has 6 aliphatic heterocycles. The molecule has 6 bridgehead atoms. The SMILES string of the molecule is C[C@@H]([C@H]1CC[C@H]2C3=C(CC[C@]12C)[C@@]12CO[C@@](O)([C@@H](O)C1)C(C)(C)[C@@H]2[C@@H](OS(=O)(=O)[O-])C3)[C@H]1C[C@@H]2C[C@@](C)(OC2(C)C)[C@H](CC[C@@H](C)[C@H]2CC[C@@H]3[C@]2(C)CC=C2[C@@]45CO[C@@](O)([C@@H](O)C4)C(C)(C)C5=CC[C@@]23O)O1.[Na+]. The molecule has 10 fully saturated rings. The molecule has 0 unspecified atom stereocenters. The van der Waals surface area contributed by atoms with Gasteiger partial charge in [-0.15, -0.1) is 0 Å². The molecule has 0 aromatic heterocycles. The van der Waals surface area contributed by atoms with E-state index in [1.54, 1.807) is 0 Å². The van der Waals surface area contributed by atoms with E-state index in [-0.39, 0.29) is 95.6 Å². The van der Waals surface area contributed by atoms with Gasteiger partial charge in [0, 0.05) is 27.6 Å². The van der Waals surface area contributed by atoms with Gasteiger partial charge in [-0.25, -0.2) is 8.42 Å². The second kappa shape index (κ2) is 16.7. The van der Waals surface area contributed by atoms with Gasteiger partial charge in [0.15, 0.2) is 5.79 Å². The third-order valence-electron chi connectivity index (χ3n) is 25.0. The Balaban J connectivity index is 0.00000574. The van der Waals surface area contributed by atoms with Crippen LogP contribution in [0.25, 0.3) is 0 Å². The number of aliphatic hydroxyl groups is 5. The van der Waals surface area contributed by atoms with Crippen molar-refractivity contribution in [2.45, 2.75) is 231 Å². The predicted octanol–water partition coefficient (Wildman–Crippen LogP) is 5.18. The van der Waals surface area contributed by atoms with Crippen molar-refractivity contribution in [2.75, 3.05) is 13.2 Å². The zero-order valence-electron chi connectivity index (χ0n) is 46.1. The largest absolute Gasteiger partial charge is 1.00 e. The summed E-state index contributed by atoms with van der Waals surface area (Å²) in [6.07, 6.45) is 12.9. The van der Waals surface area contributed by atoms with Crippen molar-refractivity contribution in [1.82, 2.24) is 0 Å². The number of ether oxygens (including phenoxy) is 4. The third kappa shape index (κ3) is 7.03. The van der Waals surface area contributed by atoms with E-state index in [9.17, 15) is 38.5 Å². The first-order chi connectivity index (χ1) is 33.3. The van der Waals surface area contributed by atoms with Crippen molar-refractivity contribution in [3.05, 3.63) is 34.4 Å². The van der Waals surface area contributed by atoms with E-state index in [4.69, 9.17) is 23.1 Å². The van der Waals surface area contributed by atoms with Gasteiger partial charge < -0.3 is 49.0 Å². The van der Waals surface area contributed by atoms with Crippen LogP contribution < -0.4 is 29.6 Å². The fourth-order valence-electron chi connectivity index (χ4n) is 21.7. The molecule has 0 radical (unpaired) electrons. The fourth-order valence-corrected chi connectivity index (χ4v) is 22.2. The summed E-state index contributed by atoms with van der Waals surface area (Å²) < 4.78 is 70.0. The van der Waals surface area contributed by atoms with Crippen LogP contribution in [-0.4, -0.2) is 111 Å². The second-order valence-corrected chi connectivity index (χ2v) is 30.0. The Hall–Kier alpha value is -0.270. The molecule has 4 saturated carbocycles. The summed E-state index contributed by atoms with van der Waals surface area (Å²) in [6.45, 7) is 24.5. The topological polar surface area (TPSA) is 204 Å². The van der Waals surface area contributed by atoms with E-state index in [0.717, 1.165) is 81.8 Å². The summed E-state index contributed by atoms with van der Waals surface area (Å²) in [6, 6.07) is 0. The number of aliphatic hydroxyl groups excluding tert-OH is 2. The first-order valence-corrected chi connectivity index (χ1v) is 29.6. The first kappa shape index (κ1) is 54.7. The molecule has 6 saturated heterocycles. The number of hydrogen-bond donors (Lipinski definition) is 5. The number of fused-ring (bicyclic) bond motifs is 11. The van der Waals surface area contributed by atoms with E-state index in [0.29, 0.717) is 42.9 Å². The van der Waals surface area contributed by atoms with E-state index in [1.807, 2.05) is 27.7 Å². The van der Waals surface area contributed by atoms with E-state index < -0.39 is 79.1 Å². The number of allylic oxidation sites excluding steroid dienone is 1. The Labute approximate surface area is 457 Å². The summed E-state index contributed by atoms with van der Waals surface area (Å²) in [4.78, 5) is 0. The average molecular weight is 1050 g/mol. The summed E-state index contributed by atoms with van der Waals surface area (Å²) in [7, 11) is -5.08. The van der Waals surface area contributed by atoms with Gasteiger partial charge in [-0.2, -0.15) is 0 Å². The van der Waals surface area contributed by atoms with Crippen LogP contribution in [0, 0.1) is 79.8 Å². The zero-order valence-corrected chi connectivity index (χ0v) is 48.9. The van der Waals surface area contributed by atoms with Gasteiger partial charge in [0.2, 0.25) is 16.2 Å². The maximum absolute atomic E-state index is 13.1. The monoisotopic (exact) mass is 1050 g/mol.